The van der Waals surface area contributed by atoms with Gasteiger partial charge in [-0.25, -0.2) is 0 Å². The molecule has 0 aliphatic rings. The van der Waals surface area contributed by atoms with Crippen molar-refractivity contribution in [3.63, 3.8) is 0 Å². The normalized spacial score (nSPS) is 15.7. The van der Waals surface area contributed by atoms with E-state index in [1.54, 1.807) is 19.2 Å². The summed E-state index contributed by atoms with van der Waals surface area (Å²) in [5, 5.41) is 9.18. The zero-order chi connectivity index (χ0) is 9.14. The van der Waals surface area contributed by atoms with Crippen molar-refractivity contribution in [1.29, 1.82) is 0 Å². The molecule has 0 bridgehead atoms. The molecule has 66 valence electrons. The van der Waals surface area contributed by atoms with Crippen LogP contribution in [0.15, 0.2) is 22.8 Å². The highest BCUT2D eigenvalue weighted by Crippen LogP contribution is 2.15. The molecule has 1 aromatic heterocycles. The SMILES string of the molecule is C[C@@H](O)[C@H](N)c1cc(Br)ccn1. The predicted octanol–water partition coefficient (Wildman–Crippen LogP) is 1.22. The minimum absolute atomic E-state index is 0.414. The number of hydrogen-bond donors (Lipinski definition) is 2. The van der Waals surface area contributed by atoms with E-state index in [9.17, 15) is 5.11 Å². The van der Waals surface area contributed by atoms with Crippen LogP contribution in [-0.2, 0) is 0 Å². The summed E-state index contributed by atoms with van der Waals surface area (Å²) in [6.07, 6.45) is 1.08. The number of aliphatic hydroxyl groups is 1. The lowest BCUT2D eigenvalue weighted by molar-refractivity contribution is 0.162. The molecule has 0 aliphatic carbocycles. The van der Waals surface area contributed by atoms with Gasteiger partial charge in [0.15, 0.2) is 0 Å². The number of nitrogens with two attached hydrogens (primary N) is 1. The molecule has 0 amide bonds. The van der Waals surface area contributed by atoms with Crippen LogP contribution in [0.2, 0.25) is 0 Å². The van der Waals surface area contributed by atoms with Gasteiger partial charge in [0, 0.05) is 10.7 Å². The Morgan fingerprint density at radius 3 is 2.83 bits per heavy atom. The van der Waals surface area contributed by atoms with E-state index in [0.29, 0.717) is 5.69 Å². The molecule has 0 saturated carbocycles. The van der Waals surface area contributed by atoms with E-state index < -0.39 is 12.1 Å². The van der Waals surface area contributed by atoms with Crippen molar-refractivity contribution >= 4 is 15.9 Å². The van der Waals surface area contributed by atoms with Crippen molar-refractivity contribution in [3.05, 3.63) is 28.5 Å². The first kappa shape index (κ1) is 9.64. The Labute approximate surface area is 79.7 Å². The third-order valence-corrected chi connectivity index (χ3v) is 2.10. The standard InChI is InChI=1S/C8H11BrN2O/c1-5(12)8(10)7-4-6(9)2-3-11-7/h2-5,8,12H,10H2,1H3/t5-,8+/m1/s1. The largest absolute Gasteiger partial charge is 0.391 e. The maximum atomic E-state index is 9.18. The van der Waals surface area contributed by atoms with Gasteiger partial charge in [0.25, 0.3) is 0 Å². The van der Waals surface area contributed by atoms with Crippen molar-refractivity contribution in [2.75, 3.05) is 0 Å². The first-order chi connectivity index (χ1) is 5.61. The van der Waals surface area contributed by atoms with Gasteiger partial charge in [-0.05, 0) is 19.1 Å². The summed E-state index contributed by atoms with van der Waals surface area (Å²) < 4.78 is 0.920. The quantitative estimate of drug-likeness (QED) is 0.804. The first-order valence-corrected chi connectivity index (χ1v) is 4.45. The molecule has 0 spiro atoms. The van der Waals surface area contributed by atoms with Gasteiger partial charge in [-0.15, -0.1) is 0 Å². The van der Waals surface area contributed by atoms with E-state index in [0.717, 1.165) is 4.47 Å². The summed E-state index contributed by atoms with van der Waals surface area (Å²) in [7, 11) is 0. The third kappa shape index (κ3) is 2.27. The van der Waals surface area contributed by atoms with Gasteiger partial charge in [0.05, 0.1) is 17.8 Å². The summed E-state index contributed by atoms with van der Waals surface area (Å²) >= 11 is 3.30. The van der Waals surface area contributed by atoms with Gasteiger partial charge in [0.1, 0.15) is 0 Å². The number of aliphatic hydroxyl groups excluding tert-OH is 1. The number of aromatic nitrogens is 1. The lowest BCUT2D eigenvalue weighted by Gasteiger charge is -2.13. The maximum absolute atomic E-state index is 9.18. The lowest BCUT2D eigenvalue weighted by Crippen LogP contribution is -2.24. The summed E-state index contributed by atoms with van der Waals surface area (Å²) in [4.78, 5) is 4.05. The van der Waals surface area contributed by atoms with Crippen LogP contribution < -0.4 is 5.73 Å². The van der Waals surface area contributed by atoms with E-state index in [2.05, 4.69) is 20.9 Å². The average Bonchev–Trinajstić information content (AvgIpc) is 2.03. The molecule has 1 aromatic rings. The van der Waals surface area contributed by atoms with Gasteiger partial charge in [-0.2, -0.15) is 0 Å². The van der Waals surface area contributed by atoms with E-state index in [-0.39, 0.29) is 0 Å². The van der Waals surface area contributed by atoms with Gasteiger partial charge in [-0.1, -0.05) is 15.9 Å². The zero-order valence-electron chi connectivity index (χ0n) is 6.74. The van der Waals surface area contributed by atoms with E-state index in [1.807, 2.05) is 6.07 Å². The van der Waals surface area contributed by atoms with Crippen LogP contribution in [0.5, 0.6) is 0 Å². The van der Waals surface area contributed by atoms with Crippen LogP contribution in [-0.4, -0.2) is 16.2 Å². The molecule has 3 nitrogen and oxygen atoms in total. The summed E-state index contributed by atoms with van der Waals surface area (Å²) in [5.74, 6) is 0. The van der Waals surface area contributed by atoms with Crippen molar-refractivity contribution in [3.8, 4) is 0 Å². The molecular formula is C8H11BrN2O. The van der Waals surface area contributed by atoms with Crippen LogP contribution in [0.25, 0.3) is 0 Å². The number of hydrogen-bond acceptors (Lipinski definition) is 3. The van der Waals surface area contributed by atoms with Crippen LogP contribution in [0.4, 0.5) is 0 Å². The Morgan fingerprint density at radius 2 is 2.33 bits per heavy atom. The molecule has 0 unspecified atom stereocenters. The molecule has 1 heterocycles. The van der Waals surface area contributed by atoms with Crippen LogP contribution >= 0.6 is 15.9 Å². The summed E-state index contributed by atoms with van der Waals surface area (Å²) in [6, 6.07) is 3.21. The fraction of sp³-hybridized carbons (Fsp3) is 0.375. The molecule has 4 heteroatoms. The van der Waals surface area contributed by atoms with Crippen LogP contribution in [0.1, 0.15) is 18.7 Å². The monoisotopic (exact) mass is 230 g/mol. The van der Waals surface area contributed by atoms with Gasteiger partial charge >= 0.3 is 0 Å². The summed E-state index contributed by atoms with van der Waals surface area (Å²) in [6.45, 7) is 1.65. The van der Waals surface area contributed by atoms with Gasteiger partial charge in [0.2, 0.25) is 0 Å². The fourth-order valence-corrected chi connectivity index (χ4v) is 1.20. The minimum atomic E-state index is -0.577. The summed E-state index contributed by atoms with van der Waals surface area (Å²) in [5.41, 5.74) is 6.37. The highest BCUT2D eigenvalue weighted by atomic mass is 79.9. The Kier molecular flexibility index (Phi) is 3.20. The van der Waals surface area contributed by atoms with Crippen LogP contribution in [0, 0.1) is 0 Å². The molecule has 1 rings (SSSR count). The molecule has 0 aromatic carbocycles. The highest BCUT2D eigenvalue weighted by Gasteiger charge is 2.12. The smallest absolute Gasteiger partial charge is 0.0731 e. The van der Waals surface area contributed by atoms with Gasteiger partial charge in [-0.3, -0.25) is 4.98 Å². The third-order valence-electron chi connectivity index (χ3n) is 1.60. The fourth-order valence-electron chi connectivity index (χ4n) is 0.851. The average molecular weight is 231 g/mol. The molecular weight excluding hydrogens is 220 g/mol. The van der Waals surface area contributed by atoms with Crippen molar-refractivity contribution < 1.29 is 5.11 Å². The Morgan fingerprint density at radius 1 is 1.67 bits per heavy atom. The molecule has 12 heavy (non-hydrogen) atoms. The van der Waals surface area contributed by atoms with Crippen LogP contribution in [0.3, 0.4) is 0 Å². The maximum Gasteiger partial charge on any atom is 0.0731 e. The number of halogens is 1. The number of pyridine rings is 1. The number of nitrogens with zero attached hydrogens (tertiary/aromatic N) is 1. The van der Waals surface area contributed by atoms with E-state index in [1.165, 1.54) is 0 Å². The van der Waals surface area contributed by atoms with E-state index in [4.69, 9.17) is 5.73 Å². The molecule has 0 radical (unpaired) electrons. The molecule has 2 atom stereocenters. The zero-order valence-corrected chi connectivity index (χ0v) is 8.32. The topological polar surface area (TPSA) is 59.1 Å². The van der Waals surface area contributed by atoms with Gasteiger partial charge < -0.3 is 10.8 Å². The first-order valence-electron chi connectivity index (χ1n) is 3.66. The second kappa shape index (κ2) is 3.98. The molecule has 0 aliphatic heterocycles. The molecule has 0 fully saturated rings. The highest BCUT2D eigenvalue weighted by molar-refractivity contribution is 9.10. The van der Waals surface area contributed by atoms with E-state index >= 15 is 0 Å². The number of rotatable bonds is 2. The second-order valence-corrected chi connectivity index (χ2v) is 3.58. The van der Waals surface area contributed by atoms with Crippen molar-refractivity contribution in [2.24, 2.45) is 5.73 Å². The predicted molar refractivity (Wildman–Crippen MR) is 50.5 cm³/mol. The lowest BCUT2D eigenvalue weighted by atomic mass is 10.1. The Balaban J connectivity index is 2.88. The minimum Gasteiger partial charge on any atom is -0.391 e. The van der Waals surface area contributed by atoms with Crippen molar-refractivity contribution in [1.82, 2.24) is 4.98 Å². The second-order valence-electron chi connectivity index (χ2n) is 2.67. The Bertz CT molecular complexity index is 265. The molecule has 3 N–H and O–H groups in total. The van der Waals surface area contributed by atoms with Crippen molar-refractivity contribution in [2.45, 2.75) is 19.1 Å². The molecule has 0 saturated heterocycles. The Hall–Kier alpha value is -0.450.